The fraction of sp³-hybridized carbons (Fsp3) is 0.308. The number of pyridine rings is 1. The molecule has 16 heavy (non-hydrogen) atoms. The largest absolute Gasteiger partial charge is 0.398 e. The molecule has 0 bridgehead atoms. The van der Waals surface area contributed by atoms with Gasteiger partial charge in [-0.25, -0.2) is 0 Å². The van der Waals surface area contributed by atoms with E-state index in [1.165, 1.54) is 5.56 Å². The molecule has 0 spiro atoms. The van der Waals surface area contributed by atoms with Crippen LogP contribution in [0.25, 0.3) is 10.9 Å². The molecule has 1 heterocycles. The van der Waals surface area contributed by atoms with Crippen molar-refractivity contribution < 1.29 is 0 Å². The molecule has 0 atom stereocenters. The molecule has 0 fully saturated rings. The van der Waals surface area contributed by atoms with Gasteiger partial charge in [0.1, 0.15) is 0 Å². The van der Waals surface area contributed by atoms with Crippen LogP contribution in [0.15, 0.2) is 16.6 Å². The Bertz CT molecular complexity index is 562. The second-order valence-corrected chi connectivity index (χ2v) is 4.94. The molecule has 0 radical (unpaired) electrons. The molecule has 0 amide bonds. The molecule has 84 valence electrons. The van der Waals surface area contributed by atoms with E-state index in [0.717, 1.165) is 38.7 Å². The lowest BCUT2D eigenvalue weighted by Crippen LogP contribution is -2.01. The highest BCUT2D eigenvalue weighted by molar-refractivity contribution is 9.10. The van der Waals surface area contributed by atoms with Crippen LogP contribution in [0.5, 0.6) is 0 Å². The van der Waals surface area contributed by atoms with E-state index < -0.39 is 0 Å². The van der Waals surface area contributed by atoms with Gasteiger partial charge in [-0.3, -0.25) is 4.98 Å². The van der Waals surface area contributed by atoms with Crippen LogP contribution in [0, 0.1) is 13.8 Å². The number of nitrogen functional groups attached to an aromatic ring is 1. The number of aryl methyl sites for hydroxylation is 2. The van der Waals surface area contributed by atoms with E-state index in [2.05, 4.69) is 46.9 Å². The number of hydrogen-bond acceptors (Lipinski definition) is 2. The molecule has 2 aromatic rings. The molecule has 0 saturated heterocycles. The Hall–Kier alpha value is -1.09. The minimum Gasteiger partial charge on any atom is -0.398 e. The summed E-state index contributed by atoms with van der Waals surface area (Å²) in [4.78, 5) is 4.62. The number of benzene rings is 1. The number of nitrogens with zero attached hydrogens (tertiary/aromatic N) is 1. The van der Waals surface area contributed by atoms with Crippen LogP contribution in [0.4, 0.5) is 5.69 Å². The average Bonchev–Trinajstić information content (AvgIpc) is 2.21. The standard InChI is InChI=1S/C13H15BrN2/c1-4-9-8(3)16-13-10(12(9)15)5-7(2)6-11(13)14/h5-6H,4H2,1-3H3,(H2,15,16). The maximum absolute atomic E-state index is 6.21. The first-order valence-electron chi connectivity index (χ1n) is 5.39. The molecule has 2 rings (SSSR count). The molecule has 3 heteroatoms. The molecular formula is C13H15BrN2. The van der Waals surface area contributed by atoms with Crippen molar-refractivity contribution in [3.63, 3.8) is 0 Å². The second kappa shape index (κ2) is 4.06. The number of halogens is 1. The van der Waals surface area contributed by atoms with E-state index >= 15 is 0 Å². The highest BCUT2D eigenvalue weighted by Gasteiger charge is 2.11. The lowest BCUT2D eigenvalue weighted by molar-refractivity contribution is 1.07. The predicted octanol–water partition coefficient (Wildman–Crippen LogP) is 3.76. The maximum Gasteiger partial charge on any atom is 0.0868 e. The van der Waals surface area contributed by atoms with Crippen molar-refractivity contribution in [1.82, 2.24) is 4.98 Å². The summed E-state index contributed by atoms with van der Waals surface area (Å²) in [5.74, 6) is 0. The molecule has 1 aromatic heterocycles. The van der Waals surface area contributed by atoms with Crippen LogP contribution in [-0.2, 0) is 6.42 Å². The molecule has 0 aliphatic carbocycles. The van der Waals surface area contributed by atoms with Gasteiger partial charge >= 0.3 is 0 Å². The van der Waals surface area contributed by atoms with Gasteiger partial charge in [-0.1, -0.05) is 6.92 Å². The molecule has 0 aliphatic rings. The van der Waals surface area contributed by atoms with Crippen LogP contribution >= 0.6 is 15.9 Å². The van der Waals surface area contributed by atoms with Crippen molar-refractivity contribution in [2.24, 2.45) is 0 Å². The molecule has 1 aromatic carbocycles. The van der Waals surface area contributed by atoms with Crippen molar-refractivity contribution in [2.45, 2.75) is 27.2 Å². The van der Waals surface area contributed by atoms with Crippen molar-refractivity contribution in [3.05, 3.63) is 33.4 Å². The Morgan fingerprint density at radius 1 is 1.31 bits per heavy atom. The Morgan fingerprint density at radius 2 is 2.00 bits per heavy atom. The Kier molecular flexibility index (Phi) is 2.89. The molecule has 0 aliphatic heterocycles. The molecule has 2 N–H and O–H groups in total. The fourth-order valence-corrected chi connectivity index (χ4v) is 2.76. The number of anilines is 1. The van der Waals surface area contributed by atoms with Crippen LogP contribution < -0.4 is 5.73 Å². The van der Waals surface area contributed by atoms with Gasteiger partial charge in [0.25, 0.3) is 0 Å². The molecule has 0 unspecified atom stereocenters. The zero-order valence-electron chi connectivity index (χ0n) is 9.76. The van der Waals surface area contributed by atoms with Crippen molar-refractivity contribution in [1.29, 1.82) is 0 Å². The minimum absolute atomic E-state index is 0.870. The lowest BCUT2D eigenvalue weighted by atomic mass is 10.0. The van der Waals surface area contributed by atoms with Gasteiger partial charge < -0.3 is 5.73 Å². The van der Waals surface area contributed by atoms with E-state index in [-0.39, 0.29) is 0 Å². The lowest BCUT2D eigenvalue weighted by Gasteiger charge is -2.12. The number of fused-ring (bicyclic) bond motifs is 1. The van der Waals surface area contributed by atoms with E-state index in [4.69, 9.17) is 5.73 Å². The normalized spacial score (nSPS) is 11.0. The van der Waals surface area contributed by atoms with E-state index in [1.807, 2.05) is 6.92 Å². The third-order valence-electron chi connectivity index (χ3n) is 2.89. The summed E-state index contributed by atoms with van der Waals surface area (Å²) in [7, 11) is 0. The second-order valence-electron chi connectivity index (χ2n) is 4.09. The van der Waals surface area contributed by atoms with Crippen molar-refractivity contribution >= 4 is 32.5 Å². The SMILES string of the molecule is CCc1c(C)nc2c(Br)cc(C)cc2c1N. The summed E-state index contributed by atoms with van der Waals surface area (Å²) >= 11 is 3.54. The highest BCUT2D eigenvalue weighted by Crippen LogP contribution is 2.31. The number of rotatable bonds is 1. The number of aromatic nitrogens is 1. The van der Waals surface area contributed by atoms with Gasteiger partial charge in [0.05, 0.1) is 5.52 Å². The van der Waals surface area contributed by atoms with E-state index in [9.17, 15) is 0 Å². The summed E-state index contributed by atoms with van der Waals surface area (Å²) in [6.45, 7) is 6.19. The first kappa shape index (κ1) is 11.4. The van der Waals surface area contributed by atoms with Gasteiger partial charge in [0, 0.05) is 21.2 Å². The summed E-state index contributed by atoms with van der Waals surface area (Å²) < 4.78 is 1.01. The third-order valence-corrected chi connectivity index (χ3v) is 3.50. The van der Waals surface area contributed by atoms with Crippen LogP contribution in [0.1, 0.15) is 23.7 Å². The number of hydrogen-bond donors (Lipinski definition) is 1. The van der Waals surface area contributed by atoms with Gasteiger partial charge in [-0.05, 0) is 59.5 Å². The first-order chi connectivity index (χ1) is 7.54. The molecular weight excluding hydrogens is 264 g/mol. The van der Waals surface area contributed by atoms with Gasteiger partial charge in [0.15, 0.2) is 0 Å². The predicted molar refractivity (Wildman–Crippen MR) is 72.7 cm³/mol. The molecule has 2 nitrogen and oxygen atoms in total. The summed E-state index contributed by atoms with van der Waals surface area (Å²) in [5.41, 5.74) is 11.4. The van der Waals surface area contributed by atoms with Crippen LogP contribution in [0.3, 0.4) is 0 Å². The Morgan fingerprint density at radius 3 is 2.62 bits per heavy atom. The van der Waals surface area contributed by atoms with Crippen molar-refractivity contribution in [2.75, 3.05) is 5.73 Å². The van der Waals surface area contributed by atoms with Gasteiger partial charge in [-0.15, -0.1) is 0 Å². The van der Waals surface area contributed by atoms with E-state index in [1.54, 1.807) is 0 Å². The fourth-order valence-electron chi connectivity index (χ4n) is 2.09. The average molecular weight is 279 g/mol. The van der Waals surface area contributed by atoms with Gasteiger partial charge in [-0.2, -0.15) is 0 Å². The Balaban J connectivity index is 2.93. The quantitative estimate of drug-likeness (QED) is 0.863. The smallest absolute Gasteiger partial charge is 0.0868 e. The highest BCUT2D eigenvalue weighted by atomic mass is 79.9. The van der Waals surface area contributed by atoms with E-state index in [0.29, 0.717) is 0 Å². The maximum atomic E-state index is 6.21. The summed E-state index contributed by atoms with van der Waals surface area (Å²) in [5, 5.41) is 1.05. The van der Waals surface area contributed by atoms with Gasteiger partial charge in [0.2, 0.25) is 0 Å². The van der Waals surface area contributed by atoms with Crippen LogP contribution in [0.2, 0.25) is 0 Å². The zero-order valence-corrected chi connectivity index (χ0v) is 11.4. The summed E-state index contributed by atoms with van der Waals surface area (Å²) in [6.07, 6.45) is 0.923. The Labute approximate surface area is 104 Å². The van der Waals surface area contributed by atoms with Crippen LogP contribution in [-0.4, -0.2) is 4.98 Å². The first-order valence-corrected chi connectivity index (χ1v) is 6.18. The summed E-state index contributed by atoms with van der Waals surface area (Å²) in [6, 6.07) is 4.17. The monoisotopic (exact) mass is 278 g/mol. The van der Waals surface area contributed by atoms with Crippen molar-refractivity contribution in [3.8, 4) is 0 Å². The zero-order chi connectivity index (χ0) is 11.9. The topological polar surface area (TPSA) is 38.9 Å². The minimum atomic E-state index is 0.870. The third kappa shape index (κ3) is 1.69. The molecule has 0 saturated carbocycles. The number of nitrogens with two attached hydrogens (primary N) is 1.